The Kier molecular flexibility index (Phi) is 4.38. The van der Waals surface area contributed by atoms with E-state index in [1.54, 1.807) is 17.0 Å². The predicted octanol–water partition coefficient (Wildman–Crippen LogP) is 0.808. The molecule has 0 radical (unpaired) electrons. The fraction of sp³-hybridized carbons (Fsp3) is 0.615. The van der Waals surface area contributed by atoms with Crippen LogP contribution in [0.25, 0.3) is 0 Å². The molecule has 2 rings (SSSR count). The number of amides is 1. The molecule has 1 fully saturated rings. The van der Waals surface area contributed by atoms with Crippen molar-refractivity contribution in [3.05, 3.63) is 24.2 Å². The molecule has 1 aliphatic rings. The van der Waals surface area contributed by atoms with Gasteiger partial charge in [-0.3, -0.25) is 9.69 Å². The highest BCUT2D eigenvalue weighted by molar-refractivity contribution is 5.91. The average molecular weight is 252 g/mol. The van der Waals surface area contributed by atoms with Gasteiger partial charge in [-0.05, 0) is 18.6 Å². The van der Waals surface area contributed by atoms with E-state index in [-0.39, 0.29) is 12.0 Å². The van der Waals surface area contributed by atoms with Crippen LogP contribution >= 0.6 is 0 Å². The number of hydrogen-bond acceptors (Lipinski definition) is 4. The molecule has 0 aliphatic carbocycles. The van der Waals surface area contributed by atoms with Crippen molar-refractivity contribution in [3.63, 3.8) is 0 Å². The molecule has 18 heavy (non-hydrogen) atoms. The first kappa shape index (κ1) is 13.1. The Morgan fingerprint density at radius 3 is 2.72 bits per heavy atom. The molecule has 1 N–H and O–H groups in total. The Hall–Kier alpha value is -1.33. The van der Waals surface area contributed by atoms with Crippen molar-refractivity contribution in [2.75, 3.05) is 32.7 Å². The molecule has 1 aliphatic heterocycles. The Labute approximate surface area is 107 Å². The van der Waals surface area contributed by atoms with Crippen LogP contribution in [-0.2, 0) is 0 Å². The summed E-state index contributed by atoms with van der Waals surface area (Å²) < 4.78 is 5.11. The van der Waals surface area contributed by atoms with Crippen molar-refractivity contribution in [2.24, 2.45) is 0 Å². The lowest BCUT2D eigenvalue weighted by atomic mass is 10.2. The molecule has 1 aromatic rings. The first-order valence-electron chi connectivity index (χ1n) is 6.44. The average Bonchev–Trinajstić information content (AvgIpc) is 2.92. The van der Waals surface area contributed by atoms with Gasteiger partial charge >= 0.3 is 0 Å². The lowest BCUT2D eigenvalue weighted by Gasteiger charge is -2.35. The minimum atomic E-state index is -0.266. The van der Waals surface area contributed by atoms with E-state index in [9.17, 15) is 9.90 Å². The summed E-state index contributed by atoms with van der Waals surface area (Å²) in [5, 5.41) is 9.60. The van der Waals surface area contributed by atoms with Gasteiger partial charge < -0.3 is 14.4 Å². The van der Waals surface area contributed by atoms with Crippen LogP contribution in [0.4, 0.5) is 0 Å². The second kappa shape index (κ2) is 6.02. The Balaban J connectivity index is 1.81. The smallest absolute Gasteiger partial charge is 0.289 e. The normalized spacial score (nSPS) is 18.9. The second-order valence-corrected chi connectivity index (χ2v) is 4.63. The summed E-state index contributed by atoms with van der Waals surface area (Å²) in [5.74, 6) is 0.354. The SMILES string of the molecule is CC[C@H](O)CN1CCN(C(=O)c2ccco2)CC1. The van der Waals surface area contributed by atoms with Gasteiger partial charge in [0.2, 0.25) is 0 Å². The summed E-state index contributed by atoms with van der Waals surface area (Å²) in [5.41, 5.74) is 0. The molecule has 0 bridgehead atoms. The van der Waals surface area contributed by atoms with Crippen LogP contribution in [0.1, 0.15) is 23.9 Å². The zero-order valence-corrected chi connectivity index (χ0v) is 10.7. The maximum absolute atomic E-state index is 12.0. The number of furan rings is 1. The molecule has 1 aromatic heterocycles. The molecule has 5 nitrogen and oxygen atoms in total. The number of hydrogen-bond donors (Lipinski definition) is 1. The van der Waals surface area contributed by atoms with Gasteiger partial charge in [-0.1, -0.05) is 6.92 Å². The van der Waals surface area contributed by atoms with Crippen LogP contribution in [-0.4, -0.2) is 59.6 Å². The van der Waals surface area contributed by atoms with Crippen LogP contribution < -0.4 is 0 Å². The first-order valence-corrected chi connectivity index (χ1v) is 6.44. The molecule has 5 heteroatoms. The lowest BCUT2D eigenvalue weighted by Crippen LogP contribution is -2.50. The van der Waals surface area contributed by atoms with Gasteiger partial charge in [0.15, 0.2) is 5.76 Å². The van der Waals surface area contributed by atoms with Gasteiger partial charge in [-0.2, -0.15) is 0 Å². The van der Waals surface area contributed by atoms with Gasteiger partial charge in [-0.15, -0.1) is 0 Å². The van der Waals surface area contributed by atoms with Gasteiger partial charge in [0, 0.05) is 32.7 Å². The minimum Gasteiger partial charge on any atom is -0.459 e. The quantitative estimate of drug-likeness (QED) is 0.861. The summed E-state index contributed by atoms with van der Waals surface area (Å²) in [7, 11) is 0. The third kappa shape index (κ3) is 3.11. The molecule has 100 valence electrons. The summed E-state index contributed by atoms with van der Waals surface area (Å²) in [6, 6.07) is 3.41. The molecule has 0 aromatic carbocycles. The molecular formula is C13H20N2O3. The summed E-state index contributed by atoms with van der Waals surface area (Å²) in [6.07, 6.45) is 2.02. The monoisotopic (exact) mass is 252 g/mol. The molecule has 2 heterocycles. The molecule has 0 unspecified atom stereocenters. The number of carbonyl (C=O) groups excluding carboxylic acids is 1. The third-order valence-corrected chi connectivity index (χ3v) is 3.33. The van der Waals surface area contributed by atoms with Crippen LogP contribution in [0.2, 0.25) is 0 Å². The summed E-state index contributed by atoms with van der Waals surface area (Å²) >= 11 is 0. The molecular weight excluding hydrogens is 232 g/mol. The number of rotatable bonds is 4. The van der Waals surface area contributed by atoms with E-state index in [4.69, 9.17) is 4.42 Å². The van der Waals surface area contributed by atoms with Crippen LogP contribution in [0, 0.1) is 0 Å². The predicted molar refractivity (Wildman–Crippen MR) is 67.3 cm³/mol. The van der Waals surface area contributed by atoms with Crippen molar-refractivity contribution in [1.82, 2.24) is 9.80 Å². The molecule has 0 saturated carbocycles. The van der Waals surface area contributed by atoms with Gasteiger partial charge in [0.1, 0.15) is 0 Å². The second-order valence-electron chi connectivity index (χ2n) is 4.63. The number of aliphatic hydroxyl groups is 1. The molecule has 1 atom stereocenters. The number of carbonyl (C=O) groups is 1. The maximum atomic E-state index is 12.0. The Bertz CT molecular complexity index is 370. The number of nitrogens with zero attached hydrogens (tertiary/aromatic N) is 2. The highest BCUT2D eigenvalue weighted by Gasteiger charge is 2.24. The van der Waals surface area contributed by atoms with E-state index >= 15 is 0 Å². The maximum Gasteiger partial charge on any atom is 0.289 e. The van der Waals surface area contributed by atoms with Crippen molar-refractivity contribution in [3.8, 4) is 0 Å². The standard InChI is InChI=1S/C13H20N2O3/c1-2-11(16)10-14-5-7-15(8-6-14)13(17)12-4-3-9-18-12/h3-4,9,11,16H,2,5-8,10H2,1H3/t11-/m0/s1. The first-order chi connectivity index (χ1) is 8.70. The van der Waals surface area contributed by atoms with Crippen molar-refractivity contribution in [2.45, 2.75) is 19.4 Å². The Morgan fingerprint density at radius 2 is 2.17 bits per heavy atom. The lowest BCUT2D eigenvalue weighted by molar-refractivity contribution is 0.0500. The fourth-order valence-corrected chi connectivity index (χ4v) is 2.12. The van der Waals surface area contributed by atoms with Crippen molar-refractivity contribution < 1.29 is 14.3 Å². The summed E-state index contributed by atoms with van der Waals surface area (Å²) in [6.45, 7) is 5.67. The summed E-state index contributed by atoms with van der Waals surface area (Å²) in [4.78, 5) is 16.0. The Morgan fingerprint density at radius 1 is 1.44 bits per heavy atom. The number of aliphatic hydroxyl groups excluding tert-OH is 1. The van der Waals surface area contributed by atoms with E-state index in [0.29, 0.717) is 25.4 Å². The van der Waals surface area contributed by atoms with Crippen molar-refractivity contribution in [1.29, 1.82) is 0 Å². The molecule has 0 spiro atoms. The van der Waals surface area contributed by atoms with Crippen LogP contribution in [0.5, 0.6) is 0 Å². The number of piperazine rings is 1. The topological polar surface area (TPSA) is 56.9 Å². The zero-order chi connectivity index (χ0) is 13.0. The van der Waals surface area contributed by atoms with Gasteiger partial charge in [-0.25, -0.2) is 0 Å². The third-order valence-electron chi connectivity index (χ3n) is 3.33. The largest absolute Gasteiger partial charge is 0.459 e. The van der Waals surface area contributed by atoms with E-state index in [0.717, 1.165) is 19.5 Å². The highest BCUT2D eigenvalue weighted by atomic mass is 16.3. The van der Waals surface area contributed by atoms with E-state index < -0.39 is 0 Å². The molecule has 1 amide bonds. The molecule has 1 saturated heterocycles. The van der Waals surface area contributed by atoms with Crippen molar-refractivity contribution >= 4 is 5.91 Å². The highest BCUT2D eigenvalue weighted by Crippen LogP contribution is 2.09. The van der Waals surface area contributed by atoms with E-state index in [1.807, 2.05) is 6.92 Å². The zero-order valence-electron chi connectivity index (χ0n) is 10.7. The van der Waals surface area contributed by atoms with Gasteiger partial charge in [0.25, 0.3) is 5.91 Å². The fourth-order valence-electron chi connectivity index (χ4n) is 2.12. The minimum absolute atomic E-state index is 0.0457. The van der Waals surface area contributed by atoms with E-state index in [2.05, 4.69) is 4.90 Å². The van der Waals surface area contributed by atoms with E-state index in [1.165, 1.54) is 6.26 Å². The van der Waals surface area contributed by atoms with Crippen LogP contribution in [0.15, 0.2) is 22.8 Å². The van der Waals surface area contributed by atoms with Crippen LogP contribution in [0.3, 0.4) is 0 Å². The van der Waals surface area contributed by atoms with Gasteiger partial charge in [0.05, 0.1) is 12.4 Å². The number of β-amino-alcohol motifs (C(OH)–C–C–N with tert-alkyl or cyclic N) is 1.